The number of thiazole rings is 1. The fourth-order valence-corrected chi connectivity index (χ4v) is 4.09. The maximum Gasteiger partial charge on any atom is 0.0961 e. The summed E-state index contributed by atoms with van der Waals surface area (Å²) in [5.41, 5.74) is 2.28. The van der Waals surface area contributed by atoms with Gasteiger partial charge in [0.1, 0.15) is 0 Å². The Balaban J connectivity index is 1.82. The molecule has 1 saturated heterocycles. The first-order valence-electron chi connectivity index (χ1n) is 7.07. The molecule has 0 spiro atoms. The Morgan fingerprint density at radius 3 is 2.95 bits per heavy atom. The zero-order chi connectivity index (χ0) is 13.9. The zero-order valence-electron chi connectivity index (χ0n) is 11.6. The van der Waals surface area contributed by atoms with E-state index >= 15 is 0 Å². The third-order valence-corrected chi connectivity index (χ3v) is 5.33. The average Bonchev–Trinajstić information content (AvgIpc) is 2.81. The molecule has 1 aliphatic rings. The van der Waals surface area contributed by atoms with Gasteiger partial charge in [-0.15, -0.1) is 11.3 Å². The number of aryl methyl sites for hydroxylation is 1. The number of benzene rings is 1. The van der Waals surface area contributed by atoms with Gasteiger partial charge in [0.15, 0.2) is 0 Å². The maximum atomic E-state index is 5.82. The highest BCUT2D eigenvalue weighted by atomic mass is 79.9. The van der Waals surface area contributed by atoms with Crippen molar-refractivity contribution in [3.05, 3.63) is 38.6 Å². The van der Waals surface area contributed by atoms with E-state index in [2.05, 4.69) is 41.1 Å². The first kappa shape index (κ1) is 14.2. The summed E-state index contributed by atoms with van der Waals surface area (Å²) in [5, 5.41) is 1.19. The van der Waals surface area contributed by atoms with Crippen LogP contribution in [0.25, 0.3) is 11.3 Å². The number of nitrogens with zero attached hydrogens (tertiary/aromatic N) is 1. The molecule has 0 saturated carbocycles. The minimum absolute atomic E-state index is 0.362. The van der Waals surface area contributed by atoms with Gasteiger partial charge in [-0.3, -0.25) is 0 Å². The van der Waals surface area contributed by atoms with Gasteiger partial charge in [0.25, 0.3) is 0 Å². The molecule has 0 radical (unpaired) electrons. The highest BCUT2D eigenvalue weighted by Gasteiger charge is 2.18. The lowest BCUT2D eigenvalue weighted by atomic mass is 10.1. The molecule has 2 heterocycles. The summed E-state index contributed by atoms with van der Waals surface area (Å²) < 4.78 is 6.92. The number of halogens is 1. The van der Waals surface area contributed by atoms with Crippen molar-refractivity contribution in [3.8, 4) is 11.3 Å². The van der Waals surface area contributed by atoms with E-state index in [1.165, 1.54) is 34.7 Å². The summed E-state index contributed by atoms with van der Waals surface area (Å²) in [6, 6.07) is 8.28. The van der Waals surface area contributed by atoms with Crippen LogP contribution < -0.4 is 0 Å². The topological polar surface area (TPSA) is 22.1 Å². The van der Waals surface area contributed by atoms with Crippen molar-refractivity contribution >= 4 is 27.3 Å². The van der Waals surface area contributed by atoms with Crippen molar-refractivity contribution in [1.29, 1.82) is 0 Å². The maximum absolute atomic E-state index is 5.82. The van der Waals surface area contributed by atoms with Gasteiger partial charge >= 0.3 is 0 Å². The van der Waals surface area contributed by atoms with Crippen molar-refractivity contribution in [3.63, 3.8) is 0 Å². The second kappa shape index (κ2) is 6.37. The SMILES string of the molecule is Cc1sc(CC2CCCCO2)nc1-c1ccccc1Br. The van der Waals surface area contributed by atoms with Crippen LogP contribution in [0, 0.1) is 6.92 Å². The van der Waals surface area contributed by atoms with Gasteiger partial charge in [-0.1, -0.05) is 34.1 Å². The predicted octanol–water partition coefficient (Wildman–Crippen LogP) is 4.99. The minimum Gasteiger partial charge on any atom is -0.378 e. The summed E-state index contributed by atoms with van der Waals surface area (Å²) in [5.74, 6) is 0. The molecule has 106 valence electrons. The Labute approximate surface area is 132 Å². The third-order valence-electron chi connectivity index (χ3n) is 3.65. The van der Waals surface area contributed by atoms with E-state index in [1.807, 2.05) is 6.07 Å². The Hall–Kier alpha value is -0.710. The van der Waals surface area contributed by atoms with Gasteiger partial charge < -0.3 is 4.74 Å². The largest absolute Gasteiger partial charge is 0.378 e. The summed E-state index contributed by atoms with van der Waals surface area (Å²) in [6.45, 7) is 3.06. The van der Waals surface area contributed by atoms with Gasteiger partial charge in [0, 0.05) is 27.9 Å². The molecule has 1 aromatic heterocycles. The fourth-order valence-electron chi connectivity index (χ4n) is 2.60. The monoisotopic (exact) mass is 351 g/mol. The van der Waals surface area contributed by atoms with Crippen LogP contribution in [-0.2, 0) is 11.2 Å². The summed E-state index contributed by atoms with van der Waals surface area (Å²) in [6.07, 6.45) is 4.97. The van der Waals surface area contributed by atoms with Crippen molar-refractivity contribution < 1.29 is 4.74 Å². The second-order valence-corrected chi connectivity index (χ2v) is 7.33. The molecule has 4 heteroatoms. The smallest absolute Gasteiger partial charge is 0.0961 e. The highest BCUT2D eigenvalue weighted by molar-refractivity contribution is 9.10. The Morgan fingerprint density at radius 2 is 2.20 bits per heavy atom. The summed E-state index contributed by atoms with van der Waals surface area (Å²) in [7, 11) is 0. The summed E-state index contributed by atoms with van der Waals surface area (Å²) >= 11 is 5.41. The number of ether oxygens (including phenoxy) is 1. The Morgan fingerprint density at radius 1 is 1.35 bits per heavy atom. The van der Waals surface area contributed by atoms with Crippen molar-refractivity contribution in [2.75, 3.05) is 6.61 Å². The van der Waals surface area contributed by atoms with E-state index in [-0.39, 0.29) is 0 Å². The predicted molar refractivity (Wildman–Crippen MR) is 87.3 cm³/mol. The number of hydrogen-bond acceptors (Lipinski definition) is 3. The van der Waals surface area contributed by atoms with E-state index < -0.39 is 0 Å². The Kier molecular flexibility index (Phi) is 4.54. The van der Waals surface area contributed by atoms with E-state index in [9.17, 15) is 0 Å². The average molecular weight is 352 g/mol. The molecule has 1 unspecified atom stereocenters. The molecule has 0 amide bonds. The summed E-state index contributed by atoms with van der Waals surface area (Å²) in [4.78, 5) is 6.12. The van der Waals surface area contributed by atoms with Crippen LogP contribution in [0.3, 0.4) is 0 Å². The quantitative estimate of drug-likeness (QED) is 0.776. The molecule has 1 aliphatic heterocycles. The van der Waals surface area contributed by atoms with Gasteiger partial charge in [0.2, 0.25) is 0 Å². The fraction of sp³-hybridized carbons (Fsp3) is 0.438. The van der Waals surface area contributed by atoms with Crippen LogP contribution in [-0.4, -0.2) is 17.7 Å². The van der Waals surface area contributed by atoms with E-state index in [0.29, 0.717) is 6.10 Å². The lowest BCUT2D eigenvalue weighted by molar-refractivity contribution is 0.0168. The first-order valence-corrected chi connectivity index (χ1v) is 8.68. The number of aromatic nitrogens is 1. The molecule has 0 N–H and O–H groups in total. The van der Waals surface area contributed by atoms with E-state index in [0.717, 1.165) is 23.2 Å². The molecule has 20 heavy (non-hydrogen) atoms. The van der Waals surface area contributed by atoms with Gasteiger partial charge in [-0.2, -0.15) is 0 Å². The number of rotatable bonds is 3. The van der Waals surface area contributed by atoms with Crippen LogP contribution in [0.15, 0.2) is 28.7 Å². The molecule has 3 rings (SSSR count). The lowest BCUT2D eigenvalue weighted by Crippen LogP contribution is -2.21. The normalized spacial score (nSPS) is 19.2. The van der Waals surface area contributed by atoms with Crippen LogP contribution in [0.5, 0.6) is 0 Å². The first-order chi connectivity index (χ1) is 9.74. The molecule has 2 nitrogen and oxygen atoms in total. The molecule has 2 aromatic rings. The highest BCUT2D eigenvalue weighted by Crippen LogP contribution is 2.33. The van der Waals surface area contributed by atoms with Gasteiger partial charge in [0.05, 0.1) is 16.8 Å². The zero-order valence-corrected chi connectivity index (χ0v) is 14.0. The van der Waals surface area contributed by atoms with Gasteiger partial charge in [-0.25, -0.2) is 4.98 Å². The van der Waals surface area contributed by atoms with E-state index in [1.54, 1.807) is 11.3 Å². The molecule has 1 aromatic carbocycles. The second-order valence-electron chi connectivity index (χ2n) is 5.18. The van der Waals surface area contributed by atoms with Crippen LogP contribution in [0.2, 0.25) is 0 Å². The minimum atomic E-state index is 0.362. The Bertz CT molecular complexity index is 590. The van der Waals surface area contributed by atoms with Crippen LogP contribution in [0.4, 0.5) is 0 Å². The molecule has 0 aliphatic carbocycles. The van der Waals surface area contributed by atoms with E-state index in [4.69, 9.17) is 9.72 Å². The molecular formula is C16H18BrNOS. The molecule has 1 fully saturated rings. The number of hydrogen-bond donors (Lipinski definition) is 0. The van der Waals surface area contributed by atoms with Gasteiger partial charge in [-0.05, 0) is 32.3 Å². The van der Waals surface area contributed by atoms with Crippen molar-refractivity contribution in [1.82, 2.24) is 4.98 Å². The van der Waals surface area contributed by atoms with Crippen molar-refractivity contribution in [2.45, 2.75) is 38.7 Å². The standard InChI is InChI=1S/C16H18BrNOS/c1-11-16(13-7-2-3-8-14(13)17)18-15(20-11)10-12-6-4-5-9-19-12/h2-3,7-8,12H,4-6,9-10H2,1H3. The van der Waals surface area contributed by atoms with Crippen LogP contribution in [0.1, 0.15) is 29.1 Å². The molecule has 1 atom stereocenters. The molecular weight excluding hydrogens is 334 g/mol. The third kappa shape index (κ3) is 3.13. The lowest BCUT2D eigenvalue weighted by Gasteiger charge is -2.21. The van der Waals surface area contributed by atoms with Crippen molar-refractivity contribution in [2.24, 2.45) is 0 Å². The molecule has 0 bridgehead atoms. The van der Waals surface area contributed by atoms with Crippen LogP contribution >= 0.6 is 27.3 Å².